The first-order valence-electron chi connectivity index (χ1n) is 22.4. The van der Waals surface area contributed by atoms with Gasteiger partial charge in [0.05, 0.1) is 72.1 Å². The molecule has 8 rings (SSSR count). The number of anilines is 3. The fourth-order valence-electron chi connectivity index (χ4n) is 8.49. The number of imidazole rings is 1. The Bertz CT molecular complexity index is 2450. The Kier molecular flexibility index (Phi) is 15.9. The third-order valence-electron chi connectivity index (χ3n) is 11.8. The Labute approximate surface area is 382 Å². The molecule has 19 nitrogen and oxygen atoms in total. The van der Waals surface area contributed by atoms with Crippen LogP contribution in [0.4, 0.5) is 17.3 Å². The minimum atomic E-state index is -0.648. The van der Waals surface area contributed by atoms with Gasteiger partial charge in [-0.2, -0.15) is 0 Å². The van der Waals surface area contributed by atoms with Crippen molar-refractivity contribution in [1.29, 1.82) is 0 Å². The molecule has 0 saturated carbocycles. The zero-order valence-electron chi connectivity index (χ0n) is 36.8. The van der Waals surface area contributed by atoms with Gasteiger partial charge in [0.2, 0.25) is 11.8 Å². The molecule has 0 bridgehead atoms. The third kappa shape index (κ3) is 11.4. The highest BCUT2D eigenvalue weighted by Gasteiger charge is 2.40. The normalized spacial score (nSPS) is 17.4. The summed E-state index contributed by atoms with van der Waals surface area (Å²) in [5, 5.41) is 8.49. The van der Waals surface area contributed by atoms with Crippen LogP contribution in [-0.4, -0.2) is 145 Å². The van der Waals surface area contributed by atoms with E-state index in [0.717, 1.165) is 54.1 Å². The lowest BCUT2D eigenvalue weighted by Crippen LogP contribution is -2.52. The van der Waals surface area contributed by atoms with Gasteiger partial charge in [0, 0.05) is 72.6 Å². The summed E-state index contributed by atoms with van der Waals surface area (Å²) in [6.07, 6.45) is 7.76. The van der Waals surface area contributed by atoms with Gasteiger partial charge in [0.25, 0.3) is 11.8 Å². The molecule has 6 heterocycles. The second kappa shape index (κ2) is 22.7. The number of pyridine rings is 1. The average molecular weight is 905 g/mol. The number of amides is 4. The van der Waals surface area contributed by atoms with Crippen molar-refractivity contribution in [3.05, 3.63) is 102 Å². The molecule has 3 aliphatic heterocycles. The largest absolute Gasteiger partial charge is 0.382 e. The summed E-state index contributed by atoms with van der Waals surface area (Å²) < 4.78 is 30.6. The molecule has 2 saturated heterocycles. The van der Waals surface area contributed by atoms with Gasteiger partial charge in [0.15, 0.2) is 0 Å². The fraction of sp³-hybridized carbons (Fsp3) is 0.426. The summed E-state index contributed by atoms with van der Waals surface area (Å²) in [4.78, 5) is 67.4. The van der Waals surface area contributed by atoms with Crippen LogP contribution in [0.15, 0.2) is 79.3 Å². The summed E-state index contributed by atoms with van der Waals surface area (Å²) in [6, 6.07) is 17.6. The van der Waals surface area contributed by atoms with Crippen LogP contribution in [0.5, 0.6) is 0 Å². The van der Waals surface area contributed by atoms with Crippen LogP contribution in [0.2, 0.25) is 0 Å². The molecule has 4 amide bonds. The molecule has 5 N–H and O–H groups in total. The van der Waals surface area contributed by atoms with E-state index in [9.17, 15) is 19.2 Å². The van der Waals surface area contributed by atoms with Crippen molar-refractivity contribution < 1.29 is 42.9 Å². The van der Waals surface area contributed by atoms with Gasteiger partial charge in [-0.05, 0) is 62.2 Å². The van der Waals surface area contributed by atoms with Crippen LogP contribution in [0.3, 0.4) is 0 Å². The topological polar surface area (TPSA) is 226 Å². The van der Waals surface area contributed by atoms with Gasteiger partial charge in [-0.3, -0.25) is 33.8 Å². The van der Waals surface area contributed by atoms with Gasteiger partial charge in [-0.1, -0.05) is 24.3 Å². The number of piperidine rings is 1. The van der Waals surface area contributed by atoms with E-state index < -0.39 is 11.9 Å². The SMILES string of the molecule is Nc1nccn2c([C@@H]3CCCN3CCOCCOCCOCCOCCOCCNc3cccc4c3CN(C3CCC(=O)NC3=O)C4=O)nc(-c3ccc(C(=O)Nc4ccccn4)cc3)c12. The van der Waals surface area contributed by atoms with Crippen molar-refractivity contribution in [2.24, 2.45) is 0 Å². The van der Waals surface area contributed by atoms with Crippen molar-refractivity contribution in [3.63, 3.8) is 0 Å². The Morgan fingerprint density at radius 1 is 0.788 bits per heavy atom. The Morgan fingerprint density at radius 3 is 2.23 bits per heavy atom. The first kappa shape index (κ1) is 46.2. The summed E-state index contributed by atoms with van der Waals surface area (Å²) in [5.41, 5.74) is 11.4. The van der Waals surface area contributed by atoms with E-state index >= 15 is 0 Å². The van der Waals surface area contributed by atoms with E-state index in [0.29, 0.717) is 114 Å². The monoisotopic (exact) mass is 904 g/mol. The molecule has 3 aliphatic rings. The lowest BCUT2D eigenvalue weighted by atomic mass is 10.0. The zero-order chi connectivity index (χ0) is 45.7. The van der Waals surface area contributed by atoms with Crippen molar-refractivity contribution in [2.75, 3.05) is 102 Å². The molecule has 1 unspecified atom stereocenters. The quantitative estimate of drug-likeness (QED) is 0.0512. The van der Waals surface area contributed by atoms with E-state index in [2.05, 4.69) is 30.8 Å². The standard InChI is InChI=1S/C47H56N10O9/c48-43-42-41(32-9-11-33(12-10-32)45(59)52-39-8-1-2-15-50-39)54-44(56(42)19-16-51-43)37-7-4-18-55(37)20-22-63-24-26-65-28-30-66-29-27-64-25-23-62-21-17-49-36-6-3-5-34-35(36)31-57(47(34)61)38-13-14-40(58)53-46(38)60/h1-3,5-6,8-12,15-16,19,37-38,49H,4,7,13-14,17-18,20-31H2,(H2,48,51)(H,50,52,59)(H,53,58,60)/t37-,38?/m0/s1. The molecule has 66 heavy (non-hydrogen) atoms. The van der Waals surface area contributed by atoms with Crippen molar-refractivity contribution in [3.8, 4) is 11.3 Å². The van der Waals surface area contributed by atoms with E-state index in [1.165, 1.54) is 0 Å². The zero-order valence-corrected chi connectivity index (χ0v) is 36.8. The number of imide groups is 1. The number of carbonyl (C=O) groups is 4. The number of carbonyl (C=O) groups excluding carboxylic acids is 4. The number of nitrogens with zero attached hydrogens (tertiary/aromatic N) is 6. The molecule has 0 spiro atoms. The minimum Gasteiger partial charge on any atom is -0.382 e. The number of likely N-dealkylation sites (tertiary alicyclic amines) is 1. The second-order valence-electron chi connectivity index (χ2n) is 16.0. The summed E-state index contributed by atoms with van der Waals surface area (Å²) in [5.74, 6) is 0.585. The minimum absolute atomic E-state index is 0.0766. The number of nitrogen functional groups attached to an aromatic ring is 1. The molecule has 19 heteroatoms. The maximum atomic E-state index is 13.0. The molecule has 3 aromatic heterocycles. The molecule has 0 aliphatic carbocycles. The predicted octanol–water partition coefficient (Wildman–Crippen LogP) is 3.72. The average Bonchev–Trinajstić information content (AvgIpc) is 4.05. The Hall–Kier alpha value is -6.35. The molecular formula is C47H56N10O9. The molecule has 2 fully saturated rings. The highest BCUT2D eigenvalue weighted by Crippen LogP contribution is 2.37. The highest BCUT2D eigenvalue weighted by molar-refractivity contribution is 6.06. The van der Waals surface area contributed by atoms with Crippen molar-refractivity contribution in [1.82, 2.24) is 34.5 Å². The fourth-order valence-corrected chi connectivity index (χ4v) is 8.49. The number of ether oxygens (including phenoxy) is 5. The molecular weight excluding hydrogens is 849 g/mol. The third-order valence-corrected chi connectivity index (χ3v) is 11.8. The molecule has 2 aromatic carbocycles. The molecule has 348 valence electrons. The number of benzene rings is 2. The van der Waals surface area contributed by atoms with Crippen LogP contribution in [0.25, 0.3) is 16.8 Å². The van der Waals surface area contributed by atoms with Crippen LogP contribution < -0.4 is 21.7 Å². The maximum Gasteiger partial charge on any atom is 0.256 e. The Morgan fingerprint density at radius 2 is 1.52 bits per heavy atom. The maximum absolute atomic E-state index is 13.0. The van der Waals surface area contributed by atoms with Gasteiger partial charge < -0.3 is 45.0 Å². The number of fused-ring (bicyclic) bond motifs is 2. The van der Waals surface area contributed by atoms with E-state index in [-0.39, 0.29) is 30.2 Å². The number of rotatable bonds is 24. The lowest BCUT2D eigenvalue weighted by molar-refractivity contribution is -0.136. The van der Waals surface area contributed by atoms with E-state index in [1.54, 1.807) is 47.6 Å². The van der Waals surface area contributed by atoms with Gasteiger partial charge >= 0.3 is 0 Å². The van der Waals surface area contributed by atoms with Crippen molar-refractivity contribution in [2.45, 2.75) is 44.3 Å². The van der Waals surface area contributed by atoms with Crippen LogP contribution >= 0.6 is 0 Å². The number of nitrogens with one attached hydrogen (secondary N) is 3. The first-order valence-corrected chi connectivity index (χ1v) is 22.4. The van der Waals surface area contributed by atoms with Crippen molar-refractivity contribution >= 4 is 46.5 Å². The summed E-state index contributed by atoms with van der Waals surface area (Å²) in [6.45, 7) is 7.11. The van der Waals surface area contributed by atoms with E-state index in [4.69, 9.17) is 34.4 Å². The van der Waals surface area contributed by atoms with Gasteiger partial charge in [0.1, 0.15) is 34.7 Å². The molecule has 2 atom stereocenters. The second-order valence-corrected chi connectivity index (χ2v) is 16.0. The van der Waals surface area contributed by atoms with Gasteiger partial charge in [-0.15, -0.1) is 0 Å². The van der Waals surface area contributed by atoms with Crippen LogP contribution in [0.1, 0.15) is 63.8 Å². The van der Waals surface area contributed by atoms with Gasteiger partial charge in [-0.25, -0.2) is 15.0 Å². The van der Waals surface area contributed by atoms with E-state index in [1.807, 2.05) is 40.9 Å². The first-order chi connectivity index (χ1) is 32.4. The highest BCUT2D eigenvalue weighted by atomic mass is 16.6. The van der Waals surface area contributed by atoms with Crippen LogP contribution in [-0.2, 0) is 39.8 Å². The molecule has 0 radical (unpaired) electrons. The smallest absolute Gasteiger partial charge is 0.256 e. The van der Waals surface area contributed by atoms with Crippen LogP contribution in [0, 0.1) is 0 Å². The summed E-state index contributed by atoms with van der Waals surface area (Å²) in [7, 11) is 0. The molecule has 5 aromatic rings. The Balaban J connectivity index is 0.661. The predicted molar refractivity (Wildman–Crippen MR) is 244 cm³/mol. The number of hydrogen-bond donors (Lipinski definition) is 4. The lowest BCUT2D eigenvalue weighted by Gasteiger charge is -2.29. The summed E-state index contributed by atoms with van der Waals surface area (Å²) >= 11 is 0. The number of nitrogens with two attached hydrogens (primary N) is 1. The number of hydrogen-bond acceptors (Lipinski definition) is 15. The number of aromatic nitrogens is 4.